The van der Waals surface area contributed by atoms with Crippen LogP contribution >= 0.6 is 11.8 Å². The lowest BCUT2D eigenvalue weighted by Gasteiger charge is -2.32. The Hall–Kier alpha value is -1.57. The van der Waals surface area contributed by atoms with Gasteiger partial charge in [-0.2, -0.15) is 0 Å². The standard InChI is InChI=1S/C22H34N4O2S/c1-25-13-15-26(16-14-25)24-22(28)19-11-7-8-12-20(19)29-17-21(27)23-18-9-5-3-2-4-6-10-18/h7-8,11-12,18H,2-6,9-10,13-17H2,1H3,(H,23,27)(H,24,28). The van der Waals surface area contributed by atoms with Crippen molar-refractivity contribution in [1.29, 1.82) is 0 Å². The first-order valence-corrected chi connectivity index (χ1v) is 11.9. The Kier molecular flexibility index (Phi) is 8.83. The summed E-state index contributed by atoms with van der Waals surface area (Å²) in [5, 5.41) is 5.18. The van der Waals surface area contributed by atoms with Gasteiger partial charge in [-0.1, -0.05) is 44.2 Å². The molecule has 2 aliphatic rings. The lowest BCUT2D eigenvalue weighted by molar-refractivity contribution is -0.119. The highest BCUT2D eigenvalue weighted by molar-refractivity contribution is 8.00. The van der Waals surface area contributed by atoms with Crippen molar-refractivity contribution in [1.82, 2.24) is 20.7 Å². The van der Waals surface area contributed by atoms with Gasteiger partial charge in [0, 0.05) is 37.1 Å². The van der Waals surface area contributed by atoms with Crippen LogP contribution in [0, 0.1) is 0 Å². The highest BCUT2D eigenvalue weighted by Gasteiger charge is 2.19. The second kappa shape index (κ2) is 11.6. The van der Waals surface area contributed by atoms with Gasteiger partial charge in [0.05, 0.1) is 11.3 Å². The van der Waals surface area contributed by atoms with Crippen LogP contribution < -0.4 is 10.7 Å². The summed E-state index contributed by atoms with van der Waals surface area (Å²) >= 11 is 1.44. The second-order valence-electron chi connectivity index (χ2n) is 8.13. The van der Waals surface area contributed by atoms with Crippen molar-refractivity contribution in [3.8, 4) is 0 Å². The molecule has 160 valence electrons. The number of hydrogen-bond donors (Lipinski definition) is 2. The van der Waals surface area contributed by atoms with Crippen molar-refractivity contribution in [2.45, 2.75) is 55.9 Å². The Morgan fingerprint density at radius 3 is 2.38 bits per heavy atom. The molecule has 0 aromatic heterocycles. The first-order valence-electron chi connectivity index (χ1n) is 10.9. The predicted molar refractivity (Wildman–Crippen MR) is 118 cm³/mol. The molecule has 29 heavy (non-hydrogen) atoms. The molecule has 2 amide bonds. The minimum Gasteiger partial charge on any atom is -0.353 e. The van der Waals surface area contributed by atoms with E-state index in [1.807, 2.05) is 29.3 Å². The molecule has 0 spiro atoms. The summed E-state index contributed by atoms with van der Waals surface area (Å²) in [4.78, 5) is 28.3. The third kappa shape index (κ3) is 7.32. The van der Waals surface area contributed by atoms with Gasteiger partial charge in [-0.25, -0.2) is 5.01 Å². The zero-order valence-corrected chi connectivity index (χ0v) is 18.3. The van der Waals surface area contributed by atoms with Gasteiger partial charge in [-0.3, -0.25) is 15.0 Å². The zero-order chi connectivity index (χ0) is 20.5. The average Bonchev–Trinajstić information content (AvgIpc) is 2.70. The Morgan fingerprint density at radius 1 is 1.00 bits per heavy atom. The van der Waals surface area contributed by atoms with Crippen molar-refractivity contribution < 1.29 is 9.59 Å². The summed E-state index contributed by atoms with van der Waals surface area (Å²) in [6.45, 7) is 3.53. The van der Waals surface area contributed by atoms with Gasteiger partial charge in [0.2, 0.25) is 5.91 Å². The van der Waals surface area contributed by atoms with E-state index < -0.39 is 0 Å². The van der Waals surface area contributed by atoms with Gasteiger partial charge in [-0.15, -0.1) is 11.8 Å². The Morgan fingerprint density at radius 2 is 1.66 bits per heavy atom. The van der Waals surface area contributed by atoms with Gasteiger partial charge >= 0.3 is 0 Å². The molecule has 1 saturated carbocycles. The number of carbonyl (C=O) groups is 2. The first-order chi connectivity index (χ1) is 14.1. The zero-order valence-electron chi connectivity index (χ0n) is 17.5. The number of carbonyl (C=O) groups excluding carboxylic acids is 2. The molecule has 2 fully saturated rings. The lowest BCUT2D eigenvalue weighted by Crippen LogP contribution is -2.52. The van der Waals surface area contributed by atoms with Crippen LogP contribution in [-0.4, -0.2) is 66.7 Å². The number of benzene rings is 1. The third-order valence-electron chi connectivity index (χ3n) is 5.72. The van der Waals surface area contributed by atoms with E-state index >= 15 is 0 Å². The van der Waals surface area contributed by atoms with E-state index in [4.69, 9.17) is 0 Å². The molecule has 0 atom stereocenters. The third-order valence-corrected chi connectivity index (χ3v) is 6.80. The molecule has 1 aromatic carbocycles. The highest BCUT2D eigenvalue weighted by Crippen LogP contribution is 2.23. The van der Waals surface area contributed by atoms with E-state index in [1.165, 1.54) is 43.9 Å². The van der Waals surface area contributed by atoms with Crippen LogP contribution in [0.4, 0.5) is 0 Å². The molecule has 6 nitrogen and oxygen atoms in total. The van der Waals surface area contributed by atoms with E-state index in [9.17, 15) is 9.59 Å². The minimum absolute atomic E-state index is 0.0647. The lowest BCUT2D eigenvalue weighted by atomic mass is 9.97. The molecule has 0 radical (unpaired) electrons. The second-order valence-corrected chi connectivity index (χ2v) is 9.14. The van der Waals surface area contributed by atoms with Gasteiger partial charge in [0.1, 0.15) is 0 Å². The average molecular weight is 419 g/mol. The quantitative estimate of drug-likeness (QED) is 0.696. The molecule has 1 aromatic rings. The molecule has 2 N–H and O–H groups in total. The molecule has 1 aliphatic heterocycles. The van der Waals surface area contributed by atoms with Crippen LogP contribution in [0.25, 0.3) is 0 Å². The first kappa shape index (κ1) is 22.1. The monoisotopic (exact) mass is 418 g/mol. The summed E-state index contributed by atoms with van der Waals surface area (Å²) in [5.74, 6) is 0.308. The van der Waals surface area contributed by atoms with Crippen LogP contribution in [0.1, 0.15) is 55.3 Å². The molecule has 1 saturated heterocycles. The van der Waals surface area contributed by atoms with Crippen LogP contribution in [-0.2, 0) is 4.79 Å². The van der Waals surface area contributed by atoms with E-state index in [-0.39, 0.29) is 11.8 Å². The number of hydrazine groups is 1. The Bertz CT molecular complexity index is 669. The molecular weight excluding hydrogens is 384 g/mol. The van der Waals surface area contributed by atoms with Crippen LogP contribution in [0.3, 0.4) is 0 Å². The summed E-state index contributed by atoms with van der Waals surface area (Å²) in [6, 6.07) is 7.85. The maximum Gasteiger partial charge on any atom is 0.266 e. The number of amides is 2. The fraction of sp³-hybridized carbons (Fsp3) is 0.636. The molecule has 1 heterocycles. The summed E-state index contributed by atoms with van der Waals surface area (Å²) in [6.07, 6.45) is 8.44. The number of nitrogens with one attached hydrogen (secondary N) is 2. The predicted octanol–water partition coefficient (Wildman–Crippen LogP) is 2.90. The minimum atomic E-state index is -0.0990. The maximum absolute atomic E-state index is 12.8. The summed E-state index contributed by atoms with van der Waals surface area (Å²) in [7, 11) is 2.09. The van der Waals surface area contributed by atoms with Crippen molar-refractivity contribution >= 4 is 23.6 Å². The smallest absolute Gasteiger partial charge is 0.266 e. The topological polar surface area (TPSA) is 64.7 Å². The normalized spacial score (nSPS) is 19.9. The molecule has 0 bridgehead atoms. The molecule has 3 rings (SSSR count). The van der Waals surface area contributed by atoms with Crippen molar-refractivity contribution in [3.63, 3.8) is 0 Å². The summed E-state index contributed by atoms with van der Waals surface area (Å²) < 4.78 is 0. The molecular formula is C22H34N4O2S. The SMILES string of the molecule is CN1CCN(NC(=O)c2ccccc2SCC(=O)NC2CCCCCCC2)CC1. The van der Waals surface area contributed by atoms with Crippen LogP contribution in [0.5, 0.6) is 0 Å². The Balaban J connectivity index is 1.50. The van der Waals surface area contributed by atoms with Gasteiger partial charge in [-0.05, 0) is 32.0 Å². The Labute approximate surface area is 178 Å². The van der Waals surface area contributed by atoms with Crippen molar-refractivity contribution in [3.05, 3.63) is 29.8 Å². The van der Waals surface area contributed by atoms with Crippen LogP contribution in [0.15, 0.2) is 29.2 Å². The number of nitrogens with zero attached hydrogens (tertiary/aromatic N) is 2. The highest BCUT2D eigenvalue weighted by atomic mass is 32.2. The largest absolute Gasteiger partial charge is 0.353 e. The van der Waals surface area contributed by atoms with E-state index in [2.05, 4.69) is 22.7 Å². The number of thioether (sulfide) groups is 1. The van der Waals surface area contributed by atoms with Crippen LogP contribution in [0.2, 0.25) is 0 Å². The summed E-state index contributed by atoms with van der Waals surface area (Å²) in [5.41, 5.74) is 3.65. The van der Waals surface area contributed by atoms with Crippen molar-refractivity contribution in [2.75, 3.05) is 39.0 Å². The van der Waals surface area contributed by atoms with Gasteiger partial charge in [0.25, 0.3) is 5.91 Å². The fourth-order valence-corrected chi connectivity index (χ4v) is 4.78. The number of piperazine rings is 1. The molecule has 7 heteroatoms. The van der Waals surface area contributed by atoms with E-state index in [1.54, 1.807) is 0 Å². The molecule has 1 aliphatic carbocycles. The van der Waals surface area contributed by atoms with Gasteiger partial charge < -0.3 is 10.2 Å². The fourth-order valence-electron chi connectivity index (χ4n) is 3.92. The maximum atomic E-state index is 12.8. The molecule has 0 unspecified atom stereocenters. The van der Waals surface area contributed by atoms with E-state index in [0.29, 0.717) is 17.4 Å². The van der Waals surface area contributed by atoms with Gasteiger partial charge in [0.15, 0.2) is 0 Å². The number of hydrogen-bond acceptors (Lipinski definition) is 5. The van der Waals surface area contributed by atoms with E-state index in [0.717, 1.165) is 43.9 Å². The number of likely N-dealkylation sites (N-methyl/N-ethyl adjacent to an activating group) is 1. The van der Waals surface area contributed by atoms with Crippen molar-refractivity contribution in [2.24, 2.45) is 0 Å². The number of rotatable bonds is 6.